The van der Waals surface area contributed by atoms with Crippen LogP contribution in [0.1, 0.15) is 31.9 Å². The Morgan fingerprint density at radius 2 is 2.00 bits per heavy atom. The molecular weight excluding hydrogens is 246 g/mol. The summed E-state index contributed by atoms with van der Waals surface area (Å²) in [7, 11) is 0. The highest BCUT2D eigenvalue weighted by atomic mass is 16.5. The molecule has 0 radical (unpaired) electrons. The van der Waals surface area contributed by atoms with E-state index < -0.39 is 18.0 Å². The molecule has 0 aromatic heterocycles. The van der Waals surface area contributed by atoms with Crippen LogP contribution in [0.15, 0.2) is 24.3 Å². The smallest absolute Gasteiger partial charge is 0.318 e. The number of nitrogens with one attached hydrogen (secondary N) is 1. The van der Waals surface area contributed by atoms with Crippen LogP contribution >= 0.6 is 0 Å². The fraction of sp³-hybridized carbons (Fsp3) is 0.385. The average Bonchev–Trinajstić information content (AvgIpc) is 2.37. The first-order valence-corrected chi connectivity index (χ1v) is 6.07. The topological polar surface area (TPSA) is 107 Å². The number of primary amides is 1. The highest BCUT2D eigenvalue weighted by Gasteiger charge is 2.18. The summed E-state index contributed by atoms with van der Waals surface area (Å²) in [5.74, 6) is -0.0589. The van der Waals surface area contributed by atoms with Crippen LogP contribution in [0.25, 0.3) is 0 Å². The minimum absolute atomic E-state index is 0.164. The number of ether oxygens (including phenoxy) is 1. The second-order valence-electron chi connectivity index (χ2n) is 4.17. The zero-order valence-electron chi connectivity index (χ0n) is 11.1. The Morgan fingerprint density at radius 1 is 1.37 bits per heavy atom. The van der Waals surface area contributed by atoms with E-state index in [0.717, 1.165) is 12.0 Å². The van der Waals surface area contributed by atoms with Crippen molar-refractivity contribution in [2.45, 2.75) is 32.4 Å². The number of carbonyl (C=O) groups is 2. The maximum absolute atomic E-state index is 11.5. The van der Waals surface area contributed by atoms with Gasteiger partial charge in [0.25, 0.3) is 5.91 Å². The molecule has 2 atom stereocenters. The molecule has 0 bridgehead atoms. The molecular formula is C13H19N3O3. The summed E-state index contributed by atoms with van der Waals surface area (Å²) in [6.07, 6.45) is -0.0832. The van der Waals surface area contributed by atoms with Crippen molar-refractivity contribution < 1.29 is 14.3 Å². The standard InChI is InChI=1S/C13H19N3O3/c1-3-10(14)9-6-4-5-7-11(9)19-8(2)12(17)16-13(15)18/h4-8,10H,3,14H2,1-2H3,(H3,15,16,17,18)/t8?,10-/m1/s1. The normalized spacial score (nSPS) is 13.4. The van der Waals surface area contributed by atoms with Crippen molar-refractivity contribution in [2.24, 2.45) is 11.5 Å². The van der Waals surface area contributed by atoms with Gasteiger partial charge in [-0.05, 0) is 19.4 Å². The van der Waals surface area contributed by atoms with E-state index in [1.165, 1.54) is 6.92 Å². The van der Waals surface area contributed by atoms with Crippen molar-refractivity contribution in [3.05, 3.63) is 29.8 Å². The van der Waals surface area contributed by atoms with Crippen molar-refractivity contribution in [3.8, 4) is 5.75 Å². The van der Waals surface area contributed by atoms with Gasteiger partial charge >= 0.3 is 6.03 Å². The summed E-state index contributed by atoms with van der Waals surface area (Å²) < 4.78 is 5.53. The van der Waals surface area contributed by atoms with Gasteiger partial charge in [0.2, 0.25) is 0 Å². The Labute approximate surface area is 112 Å². The van der Waals surface area contributed by atoms with Crippen molar-refractivity contribution in [2.75, 3.05) is 0 Å². The first-order chi connectivity index (χ1) is 8.95. The zero-order valence-corrected chi connectivity index (χ0v) is 11.1. The van der Waals surface area contributed by atoms with Gasteiger partial charge in [0.1, 0.15) is 5.75 Å². The molecule has 0 heterocycles. The Bertz CT molecular complexity index is 462. The van der Waals surface area contributed by atoms with Crippen LogP contribution in [-0.4, -0.2) is 18.0 Å². The summed E-state index contributed by atoms with van der Waals surface area (Å²) in [5.41, 5.74) is 11.7. The van der Waals surface area contributed by atoms with Gasteiger partial charge in [-0.25, -0.2) is 4.79 Å². The summed E-state index contributed by atoms with van der Waals surface area (Å²) in [6, 6.07) is 6.16. The summed E-state index contributed by atoms with van der Waals surface area (Å²) in [4.78, 5) is 22.1. The molecule has 0 aliphatic carbocycles. The van der Waals surface area contributed by atoms with Crippen LogP contribution in [0.5, 0.6) is 5.75 Å². The van der Waals surface area contributed by atoms with Crippen molar-refractivity contribution in [3.63, 3.8) is 0 Å². The Hall–Kier alpha value is -2.08. The molecule has 3 amide bonds. The predicted octanol–water partition coefficient (Wildman–Crippen LogP) is 1.06. The van der Waals surface area contributed by atoms with Gasteiger partial charge in [0, 0.05) is 11.6 Å². The molecule has 1 rings (SSSR count). The van der Waals surface area contributed by atoms with E-state index in [-0.39, 0.29) is 6.04 Å². The van der Waals surface area contributed by atoms with E-state index in [1.54, 1.807) is 12.1 Å². The number of carbonyl (C=O) groups excluding carboxylic acids is 2. The van der Waals surface area contributed by atoms with Crippen molar-refractivity contribution in [1.29, 1.82) is 0 Å². The molecule has 0 aliphatic rings. The third kappa shape index (κ3) is 4.26. The monoisotopic (exact) mass is 265 g/mol. The van der Waals surface area contributed by atoms with Gasteiger partial charge in [-0.1, -0.05) is 25.1 Å². The minimum atomic E-state index is -0.904. The quantitative estimate of drug-likeness (QED) is 0.739. The number of nitrogens with two attached hydrogens (primary N) is 2. The number of hydrogen-bond donors (Lipinski definition) is 3. The molecule has 0 saturated heterocycles. The van der Waals surface area contributed by atoms with E-state index in [0.29, 0.717) is 5.75 Å². The average molecular weight is 265 g/mol. The number of para-hydroxylation sites is 1. The lowest BCUT2D eigenvalue weighted by Gasteiger charge is -2.19. The molecule has 1 unspecified atom stereocenters. The third-order valence-corrected chi connectivity index (χ3v) is 2.68. The molecule has 104 valence electrons. The minimum Gasteiger partial charge on any atom is -0.481 e. The zero-order chi connectivity index (χ0) is 14.4. The van der Waals surface area contributed by atoms with Crippen molar-refractivity contribution >= 4 is 11.9 Å². The highest BCUT2D eigenvalue weighted by Crippen LogP contribution is 2.26. The van der Waals surface area contributed by atoms with Crippen molar-refractivity contribution in [1.82, 2.24) is 5.32 Å². The highest BCUT2D eigenvalue weighted by molar-refractivity contribution is 5.95. The van der Waals surface area contributed by atoms with Crippen LogP contribution in [-0.2, 0) is 4.79 Å². The largest absolute Gasteiger partial charge is 0.481 e. The van der Waals surface area contributed by atoms with E-state index >= 15 is 0 Å². The van der Waals surface area contributed by atoms with Crippen LogP contribution in [0, 0.1) is 0 Å². The van der Waals surface area contributed by atoms with E-state index in [9.17, 15) is 9.59 Å². The van der Waals surface area contributed by atoms with E-state index in [1.807, 2.05) is 24.4 Å². The number of hydrogen-bond acceptors (Lipinski definition) is 4. The molecule has 19 heavy (non-hydrogen) atoms. The van der Waals surface area contributed by atoms with Gasteiger partial charge in [-0.15, -0.1) is 0 Å². The second kappa shape index (κ2) is 6.75. The first kappa shape index (κ1) is 15.0. The fourth-order valence-electron chi connectivity index (χ4n) is 1.58. The molecule has 5 N–H and O–H groups in total. The molecule has 6 nitrogen and oxygen atoms in total. The fourth-order valence-corrected chi connectivity index (χ4v) is 1.58. The van der Waals surface area contributed by atoms with Gasteiger partial charge < -0.3 is 16.2 Å². The van der Waals surface area contributed by atoms with Gasteiger partial charge in [-0.2, -0.15) is 0 Å². The molecule has 1 aromatic carbocycles. The lowest BCUT2D eigenvalue weighted by molar-refractivity contribution is -0.126. The number of benzene rings is 1. The van der Waals surface area contributed by atoms with Gasteiger partial charge in [0.15, 0.2) is 6.10 Å². The Balaban J connectivity index is 2.81. The predicted molar refractivity (Wildman–Crippen MR) is 71.5 cm³/mol. The van der Waals surface area contributed by atoms with E-state index in [2.05, 4.69) is 0 Å². The number of rotatable bonds is 5. The molecule has 6 heteroatoms. The lowest BCUT2D eigenvalue weighted by Crippen LogP contribution is -2.42. The van der Waals surface area contributed by atoms with Gasteiger partial charge in [-0.3, -0.25) is 10.1 Å². The van der Waals surface area contributed by atoms with Crippen LogP contribution in [0.2, 0.25) is 0 Å². The SMILES string of the molecule is CC[C@@H](N)c1ccccc1OC(C)C(=O)NC(N)=O. The van der Waals surface area contributed by atoms with E-state index in [4.69, 9.17) is 16.2 Å². The number of urea groups is 1. The van der Waals surface area contributed by atoms with Gasteiger partial charge in [0.05, 0.1) is 0 Å². The molecule has 0 aliphatic heterocycles. The number of amides is 3. The molecule has 0 spiro atoms. The first-order valence-electron chi connectivity index (χ1n) is 6.07. The summed E-state index contributed by atoms with van der Waals surface area (Å²) >= 11 is 0. The Kier molecular flexibility index (Phi) is 5.32. The summed E-state index contributed by atoms with van der Waals surface area (Å²) in [5, 5.41) is 1.97. The van der Waals surface area contributed by atoms with Crippen LogP contribution in [0.4, 0.5) is 4.79 Å². The molecule has 0 saturated carbocycles. The second-order valence-corrected chi connectivity index (χ2v) is 4.17. The Morgan fingerprint density at radius 3 is 2.58 bits per heavy atom. The maximum Gasteiger partial charge on any atom is 0.318 e. The molecule has 0 fully saturated rings. The van der Waals surface area contributed by atoms with Crippen LogP contribution in [0.3, 0.4) is 0 Å². The lowest BCUT2D eigenvalue weighted by atomic mass is 10.0. The molecule has 1 aromatic rings. The third-order valence-electron chi connectivity index (χ3n) is 2.68. The maximum atomic E-state index is 11.5. The number of imide groups is 1. The summed E-state index contributed by atoms with van der Waals surface area (Å²) in [6.45, 7) is 3.50. The van der Waals surface area contributed by atoms with Crippen LogP contribution < -0.4 is 21.5 Å².